The van der Waals surface area contributed by atoms with Gasteiger partial charge in [-0.3, -0.25) is 14.4 Å². The molecule has 0 amide bonds. The number of esters is 3. The summed E-state index contributed by atoms with van der Waals surface area (Å²) in [7, 11) is 0. The fraction of sp³-hybridized carbons (Fsp3) is 0.590. The molecule has 0 aliphatic heterocycles. The molecule has 67 heavy (non-hydrogen) atoms. The molecule has 1 atom stereocenters. The number of rotatable bonds is 46. The Bertz CT molecular complexity index is 1480. The number of carbonyl (C=O) groups is 3. The number of unbranched alkanes of at least 4 members (excludes halogenated alkanes) is 16. The first kappa shape index (κ1) is 62.5. The molecular formula is C61H96O6. The molecule has 6 heteroatoms. The maximum Gasteiger partial charge on any atom is 0.306 e. The second-order valence-electron chi connectivity index (χ2n) is 17.1. The molecular weight excluding hydrogens is 829 g/mol. The quantitative estimate of drug-likeness (QED) is 0.0199. The number of hydrogen-bond acceptors (Lipinski definition) is 6. The van der Waals surface area contributed by atoms with E-state index in [0.29, 0.717) is 19.3 Å². The monoisotopic (exact) mass is 925 g/mol. The second-order valence-corrected chi connectivity index (χ2v) is 17.1. The second kappa shape index (κ2) is 54.2. The predicted molar refractivity (Wildman–Crippen MR) is 288 cm³/mol. The van der Waals surface area contributed by atoms with Gasteiger partial charge in [0.1, 0.15) is 13.2 Å². The van der Waals surface area contributed by atoms with Gasteiger partial charge >= 0.3 is 17.9 Å². The van der Waals surface area contributed by atoms with Crippen molar-refractivity contribution in [2.24, 2.45) is 0 Å². The van der Waals surface area contributed by atoms with Gasteiger partial charge in [0.2, 0.25) is 0 Å². The molecule has 0 aromatic heterocycles. The third kappa shape index (κ3) is 52.4. The molecule has 0 saturated heterocycles. The molecule has 0 spiro atoms. The summed E-state index contributed by atoms with van der Waals surface area (Å²) in [6, 6.07) is 0. The van der Waals surface area contributed by atoms with Crippen LogP contribution < -0.4 is 0 Å². The van der Waals surface area contributed by atoms with E-state index in [1.807, 2.05) is 0 Å². The average Bonchev–Trinajstić information content (AvgIpc) is 3.33. The molecule has 6 nitrogen and oxygen atoms in total. The van der Waals surface area contributed by atoms with Crippen molar-refractivity contribution in [2.45, 2.75) is 219 Å². The van der Waals surface area contributed by atoms with Crippen LogP contribution >= 0.6 is 0 Å². The van der Waals surface area contributed by atoms with Gasteiger partial charge in [-0.2, -0.15) is 0 Å². The average molecular weight is 925 g/mol. The van der Waals surface area contributed by atoms with Gasteiger partial charge in [0.05, 0.1) is 0 Å². The van der Waals surface area contributed by atoms with Crippen molar-refractivity contribution >= 4 is 17.9 Å². The van der Waals surface area contributed by atoms with Gasteiger partial charge in [0, 0.05) is 19.3 Å². The number of ether oxygens (including phenoxy) is 3. The summed E-state index contributed by atoms with van der Waals surface area (Å²) in [6.45, 7) is 6.29. The lowest BCUT2D eigenvalue weighted by Gasteiger charge is -2.18. The zero-order valence-corrected chi connectivity index (χ0v) is 42.9. The lowest BCUT2D eigenvalue weighted by molar-refractivity contribution is -0.167. The molecule has 0 aromatic carbocycles. The summed E-state index contributed by atoms with van der Waals surface area (Å²) < 4.78 is 16.8. The fourth-order valence-corrected chi connectivity index (χ4v) is 6.75. The van der Waals surface area contributed by atoms with Gasteiger partial charge in [-0.1, -0.05) is 212 Å². The van der Waals surface area contributed by atoms with Crippen LogP contribution in [0.2, 0.25) is 0 Å². The summed E-state index contributed by atoms with van der Waals surface area (Å²) >= 11 is 0. The molecule has 0 rings (SSSR count). The maximum atomic E-state index is 12.8. The number of carbonyl (C=O) groups excluding carboxylic acids is 3. The van der Waals surface area contributed by atoms with E-state index in [4.69, 9.17) is 14.2 Å². The molecule has 0 heterocycles. The van der Waals surface area contributed by atoms with E-state index in [0.717, 1.165) is 135 Å². The molecule has 0 radical (unpaired) electrons. The lowest BCUT2D eigenvalue weighted by atomic mass is 10.1. The third-order valence-electron chi connectivity index (χ3n) is 10.7. The maximum absolute atomic E-state index is 12.8. The van der Waals surface area contributed by atoms with Crippen LogP contribution in [0, 0.1) is 0 Å². The predicted octanol–water partition coefficient (Wildman–Crippen LogP) is 17.9. The first-order chi connectivity index (χ1) is 33.0. The number of allylic oxidation sites excluding steroid dienone is 22. The molecule has 0 N–H and O–H groups in total. The zero-order valence-electron chi connectivity index (χ0n) is 42.9. The van der Waals surface area contributed by atoms with E-state index in [2.05, 4.69) is 154 Å². The summed E-state index contributed by atoms with van der Waals surface area (Å²) in [5, 5.41) is 0. The fourth-order valence-electron chi connectivity index (χ4n) is 6.75. The molecule has 0 aliphatic carbocycles. The topological polar surface area (TPSA) is 78.9 Å². The minimum Gasteiger partial charge on any atom is -0.462 e. The Balaban J connectivity index is 4.51. The molecule has 0 bridgehead atoms. The summed E-state index contributed by atoms with van der Waals surface area (Å²) in [6.07, 6.45) is 75.8. The highest BCUT2D eigenvalue weighted by Gasteiger charge is 2.19. The molecule has 0 aromatic rings. The molecule has 1 unspecified atom stereocenters. The van der Waals surface area contributed by atoms with Crippen LogP contribution in [-0.2, 0) is 28.6 Å². The Hall–Kier alpha value is -4.45. The first-order valence-electron chi connectivity index (χ1n) is 26.7. The van der Waals surface area contributed by atoms with Crippen molar-refractivity contribution in [3.63, 3.8) is 0 Å². The van der Waals surface area contributed by atoms with Crippen LogP contribution in [0.15, 0.2) is 134 Å². The van der Waals surface area contributed by atoms with Crippen LogP contribution in [0.5, 0.6) is 0 Å². The Morgan fingerprint density at radius 2 is 0.642 bits per heavy atom. The first-order valence-corrected chi connectivity index (χ1v) is 26.7. The van der Waals surface area contributed by atoms with Crippen molar-refractivity contribution < 1.29 is 28.6 Å². The van der Waals surface area contributed by atoms with E-state index in [1.165, 1.54) is 32.1 Å². The van der Waals surface area contributed by atoms with Gasteiger partial charge in [-0.05, 0) is 116 Å². The zero-order chi connectivity index (χ0) is 48.6. The highest BCUT2D eigenvalue weighted by Crippen LogP contribution is 2.13. The van der Waals surface area contributed by atoms with Crippen molar-refractivity contribution in [1.29, 1.82) is 0 Å². The van der Waals surface area contributed by atoms with Gasteiger partial charge < -0.3 is 14.2 Å². The van der Waals surface area contributed by atoms with Crippen molar-refractivity contribution in [1.82, 2.24) is 0 Å². The summed E-state index contributed by atoms with van der Waals surface area (Å²) in [5.41, 5.74) is 0. The van der Waals surface area contributed by atoms with Crippen molar-refractivity contribution in [2.75, 3.05) is 13.2 Å². The SMILES string of the molecule is CC/C=C\C/C=C\C/C=C\C/C=C\CCCCCCCCC(=O)OCC(COC(=O)CCCC/C=C\C/C=C\C/C=C\CC)OC(=O)CCCCCCC\C=C/C=C\C=C/C=C\CCCCC. The van der Waals surface area contributed by atoms with Crippen molar-refractivity contribution in [3.8, 4) is 0 Å². The van der Waals surface area contributed by atoms with Gasteiger partial charge in [0.25, 0.3) is 0 Å². The normalized spacial score (nSPS) is 13.2. The Morgan fingerprint density at radius 3 is 1.07 bits per heavy atom. The van der Waals surface area contributed by atoms with Crippen LogP contribution in [0.25, 0.3) is 0 Å². The summed E-state index contributed by atoms with van der Waals surface area (Å²) in [5.74, 6) is -0.998. The minimum atomic E-state index is -0.817. The Kier molecular flexibility index (Phi) is 50.6. The minimum absolute atomic E-state index is 0.113. The van der Waals surface area contributed by atoms with Gasteiger partial charge in [-0.25, -0.2) is 0 Å². The molecule has 376 valence electrons. The largest absolute Gasteiger partial charge is 0.462 e. The molecule has 0 fully saturated rings. The summed E-state index contributed by atoms with van der Waals surface area (Å²) in [4.78, 5) is 38.0. The van der Waals surface area contributed by atoms with E-state index in [9.17, 15) is 14.4 Å². The van der Waals surface area contributed by atoms with E-state index in [-0.39, 0.29) is 37.5 Å². The Morgan fingerprint density at radius 1 is 0.328 bits per heavy atom. The van der Waals surface area contributed by atoms with Crippen LogP contribution in [-0.4, -0.2) is 37.2 Å². The lowest BCUT2D eigenvalue weighted by Crippen LogP contribution is -2.30. The van der Waals surface area contributed by atoms with E-state index in [1.54, 1.807) is 0 Å². The Labute approximate surface area is 411 Å². The molecule has 0 saturated carbocycles. The number of hydrogen-bond donors (Lipinski definition) is 0. The standard InChI is InChI=1S/C61H96O6/c1-4-7-10-13-16-19-22-25-27-29-31-33-34-36-39-42-45-48-51-54-60(63)66-57-58(56-65-59(62)53-50-47-44-41-38-24-21-18-15-12-9-6-3)67-61(64)55-52-49-46-43-40-37-35-32-30-28-26-23-20-17-14-11-8-5-2/h7,9-10,12,16-21,23,25-28,30-33,35,38,41,58H,4-6,8,11,13-15,22,24,29,34,36-37,39-40,42-57H2,1-3H3/b10-7-,12-9-,19-16-,20-17-,21-18-,26-23-,27-25-,30-28-,33-31-,35-32-,41-38-. The van der Waals surface area contributed by atoms with Gasteiger partial charge in [-0.15, -0.1) is 0 Å². The van der Waals surface area contributed by atoms with Crippen LogP contribution in [0.4, 0.5) is 0 Å². The van der Waals surface area contributed by atoms with Gasteiger partial charge in [0.15, 0.2) is 6.10 Å². The highest BCUT2D eigenvalue weighted by molar-refractivity contribution is 5.71. The van der Waals surface area contributed by atoms with E-state index >= 15 is 0 Å². The van der Waals surface area contributed by atoms with E-state index < -0.39 is 6.10 Å². The third-order valence-corrected chi connectivity index (χ3v) is 10.7. The van der Waals surface area contributed by atoms with Crippen LogP contribution in [0.3, 0.4) is 0 Å². The smallest absolute Gasteiger partial charge is 0.306 e. The van der Waals surface area contributed by atoms with Crippen LogP contribution in [0.1, 0.15) is 213 Å². The van der Waals surface area contributed by atoms with Crippen molar-refractivity contribution in [3.05, 3.63) is 134 Å². The molecule has 0 aliphatic rings. The highest BCUT2D eigenvalue weighted by atomic mass is 16.6.